The predicted molar refractivity (Wildman–Crippen MR) is 100 cm³/mol. The summed E-state index contributed by atoms with van der Waals surface area (Å²) < 4.78 is 31.5. The minimum Gasteiger partial charge on any atom is -0.484 e. The molecule has 150 valence electrons. The van der Waals surface area contributed by atoms with Gasteiger partial charge in [0, 0.05) is 19.2 Å². The molecular weight excluding hydrogens is 363 g/mol. The third-order valence-electron chi connectivity index (χ3n) is 5.39. The van der Waals surface area contributed by atoms with Crippen LogP contribution in [0, 0.1) is 19.7 Å². The van der Waals surface area contributed by atoms with E-state index in [1.54, 1.807) is 6.20 Å². The van der Waals surface area contributed by atoms with Crippen molar-refractivity contribution in [2.75, 3.05) is 26.3 Å². The van der Waals surface area contributed by atoms with Gasteiger partial charge in [-0.05, 0) is 33.6 Å². The summed E-state index contributed by atoms with van der Waals surface area (Å²) in [5, 5.41) is 0. The van der Waals surface area contributed by atoms with Crippen molar-refractivity contribution in [3.8, 4) is 17.5 Å². The number of ether oxygens (including phenoxy) is 3. The molecule has 8 heteroatoms. The third kappa shape index (κ3) is 3.87. The minimum absolute atomic E-state index is 0.0814. The first-order valence-corrected chi connectivity index (χ1v) is 9.68. The van der Waals surface area contributed by atoms with Crippen molar-refractivity contribution < 1.29 is 18.6 Å². The van der Waals surface area contributed by atoms with E-state index in [2.05, 4.69) is 19.9 Å². The van der Waals surface area contributed by atoms with Crippen LogP contribution in [0.2, 0.25) is 0 Å². The molecule has 7 nitrogen and oxygen atoms in total. The molecule has 0 saturated carbocycles. The Balaban J connectivity index is 1.38. The largest absolute Gasteiger partial charge is 0.484 e. The smallest absolute Gasteiger partial charge is 0.257 e. The zero-order chi connectivity index (χ0) is 19.7. The average molecular weight is 388 g/mol. The van der Waals surface area contributed by atoms with Crippen LogP contribution in [0.15, 0.2) is 12.3 Å². The molecule has 2 aromatic rings. The second kappa shape index (κ2) is 7.87. The molecule has 4 heterocycles. The number of hydrogen-bond donors (Lipinski definition) is 0. The highest BCUT2D eigenvalue weighted by molar-refractivity contribution is 5.37. The summed E-state index contributed by atoms with van der Waals surface area (Å²) in [4.78, 5) is 15.3. The highest BCUT2D eigenvalue weighted by Gasteiger charge is 2.29. The summed E-state index contributed by atoms with van der Waals surface area (Å²) in [5.74, 6) is 0.956. The number of rotatable bonds is 4. The maximum Gasteiger partial charge on any atom is 0.257 e. The van der Waals surface area contributed by atoms with Gasteiger partial charge in [-0.15, -0.1) is 0 Å². The van der Waals surface area contributed by atoms with Gasteiger partial charge >= 0.3 is 0 Å². The van der Waals surface area contributed by atoms with Gasteiger partial charge in [0.05, 0.1) is 29.3 Å². The van der Waals surface area contributed by atoms with E-state index in [1.165, 1.54) is 6.07 Å². The Hall–Kier alpha value is -2.48. The summed E-state index contributed by atoms with van der Waals surface area (Å²) in [6, 6.07) is 1.22. The first-order valence-electron chi connectivity index (χ1n) is 9.68. The zero-order valence-corrected chi connectivity index (χ0v) is 16.4. The lowest BCUT2D eigenvalue weighted by Gasteiger charge is -2.35. The first-order chi connectivity index (χ1) is 13.5. The Morgan fingerprint density at radius 2 is 1.89 bits per heavy atom. The van der Waals surface area contributed by atoms with Crippen LogP contribution in [0.3, 0.4) is 0 Å². The lowest BCUT2D eigenvalue weighted by Crippen LogP contribution is -2.40. The molecule has 1 fully saturated rings. The molecule has 2 aromatic heterocycles. The van der Waals surface area contributed by atoms with E-state index in [1.807, 2.05) is 20.8 Å². The van der Waals surface area contributed by atoms with Crippen LogP contribution in [0.4, 0.5) is 4.39 Å². The van der Waals surface area contributed by atoms with Crippen molar-refractivity contribution in [2.45, 2.75) is 45.8 Å². The highest BCUT2D eigenvalue weighted by atomic mass is 19.1. The molecule has 1 unspecified atom stereocenters. The summed E-state index contributed by atoms with van der Waals surface area (Å²) in [7, 11) is 0. The SMILES string of the molecule is Cc1ncc(OC2CCN(C(C)c3nc4c(cc3F)OCCO4)CC2)nc1C. The molecule has 0 bridgehead atoms. The average Bonchev–Trinajstić information content (AvgIpc) is 2.70. The quantitative estimate of drug-likeness (QED) is 0.797. The zero-order valence-electron chi connectivity index (χ0n) is 16.4. The summed E-state index contributed by atoms with van der Waals surface area (Å²) >= 11 is 0. The predicted octanol–water partition coefficient (Wildman–Crippen LogP) is 3.00. The number of fused-ring (bicyclic) bond motifs is 1. The molecule has 0 aliphatic carbocycles. The second-order valence-electron chi connectivity index (χ2n) is 7.26. The summed E-state index contributed by atoms with van der Waals surface area (Å²) in [6.45, 7) is 8.26. The molecule has 2 aliphatic heterocycles. The topological polar surface area (TPSA) is 69.6 Å². The molecule has 2 aliphatic rings. The van der Waals surface area contributed by atoms with Gasteiger partial charge in [-0.25, -0.2) is 14.4 Å². The number of piperidine rings is 1. The van der Waals surface area contributed by atoms with Gasteiger partial charge in [0.15, 0.2) is 5.75 Å². The standard InChI is InChI=1S/C20H25FN4O3/c1-12-13(2)23-18(11-22-12)28-15-4-6-25(7-5-15)14(3)19-16(21)10-17-20(24-19)27-9-8-26-17/h10-11,14-15H,4-9H2,1-3H3. The number of aryl methyl sites for hydroxylation is 2. The van der Waals surface area contributed by atoms with Crippen molar-refractivity contribution in [1.29, 1.82) is 0 Å². The van der Waals surface area contributed by atoms with Gasteiger partial charge in [0.2, 0.25) is 5.88 Å². The van der Waals surface area contributed by atoms with Gasteiger partial charge in [-0.1, -0.05) is 0 Å². The Morgan fingerprint density at radius 3 is 2.64 bits per heavy atom. The third-order valence-corrected chi connectivity index (χ3v) is 5.39. The van der Waals surface area contributed by atoms with E-state index >= 15 is 0 Å². The maximum absolute atomic E-state index is 14.6. The molecule has 0 aromatic carbocycles. The van der Waals surface area contributed by atoms with Gasteiger partial charge in [0.1, 0.15) is 25.1 Å². The van der Waals surface area contributed by atoms with E-state index in [9.17, 15) is 4.39 Å². The van der Waals surface area contributed by atoms with Crippen LogP contribution < -0.4 is 14.2 Å². The lowest BCUT2D eigenvalue weighted by atomic mass is 10.0. The number of pyridine rings is 1. The molecule has 0 spiro atoms. The fourth-order valence-corrected chi connectivity index (χ4v) is 3.56. The van der Waals surface area contributed by atoms with Crippen LogP contribution in [0.5, 0.6) is 17.5 Å². The van der Waals surface area contributed by atoms with Gasteiger partial charge in [-0.2, -0.15) is 0 Å². The first kappa shape index (κ1) is 18.9. The van der Waals surface area contributed by atoms with Gasteiger partial charge in [-0.3, -0.25) is 9.88 Å². The van der Waals surface area contributed by atoms with E-state index < -0.39 is 0 Å². The molecule has 0 N–H and O–H groups in total. The van der Waals surface area contributed by atoms with E-state index in [4.69, 9.17) is 14.2 Å². The van der Waals surface area contributed by atoms with Crippen LogP contribution in [0.25, 0.3) is 0 Å². The van der Waals surface area contributed by atoms with Crippen LogP contribution in [-0.4, -0.2) is 52.3 Å². The molecule has 4 rings (SSSR count). The van der Waals surface area contributed by atoms with Crippen LogP contribution in [0.1, 0.15) is 42.9 Å². The molecule has 28 heavy (non-hydrogen) atoms. The fraction of sp³-hybridized carbons (Fsp3) is 0.550. The highest BCUT2D eigenvalue weighted by Crippen LogP contribution is 2.34. The Kier molecular flexibility index (Phi) is 5.30. The number of hydrogen-bond acceptors (Lipinski definition) is 7. The number of halogens is 1. The molecule has 1 saturated heterocycles. The fourth-order valence-electron chi connectivity index (χ4n) is 3.56. The summed E-state index contributed by atoms with van der Waals surface area (Å²) in [6.07, 6.45) is 3.43. The van der Waals surface area contributed by atoms with Crippen LogP contribution in [-0.2, 0) is 0 Å². The van der Waals surface area contributed by atoms with Crippen molar-refractivity contribution in [1.82, 2.24) is 19.9 Å². The normalized spacial score (nSPS) is 18.7. The number of nitrogens with zero attached hydrogens (tertiary/aromatic N) is 4. The lowest BCUT2D eigenvalue weighted by molar-refractivity contribution is 0.0737. The Bertz CT molecular complexity index is 856. The minimum atomic E-state index is -0.361. The molecule has 0 amide bonds. The van der Waals surface area contributed by atoms with Crippen molar-refractivity contribution >= 4 is 0 Å². The second-order valence-corrected chi connectivity index (χ2v) is 7.26. The number of aromatic nitrogens is 3. The van der Waals surface area contributed by atoms with E-state index in [-0.39, 0.29) is 18.0 Å². The van der Waals surface area contributed by atoms with E-state index in [0.717, 1.165) is 37.3 Å². The maximum atomic E-state index is 14.6. The Labute approximate surface area is 163 Å². The Morgan fingerprint density at radius 1 is 1.14 bits per heavy atom. The molecule has 1 atom stereocenters. The monoisotopic (exact) mass is 388 g/mol. The summed E-state index contributed by atoms with van der Waals surface area (Å²) in [5.41, 5.74) is 2.18. The van der Waals surface area contributed by atoms with Gasteiger partial charge < -0.3 is 14.2 Å². The van der Waals surface area contributed by atoms with E-state index in [0.29, 0.717) is 36.4 Å². The number of likely N-dealkylation sites (tertiary alicyclic amines) is 1. The van der Waals surface area contributed by atoms with Crippen LogP contribution >= 0.6 is 0 Å². The van der Waals surface area contributed by atoms with Gasteiger partial charge in [0.25, 0.3) is 5.88 Å². The van der Waals surface area contributed by atoms with Crippen molar-refractivity contribution in [3.63, 3.8) is 0 Å². The molecular formula is C20H25FN4O3. The van der Waals surface area contributed by atoms with Crippen molar-refractivity contribution in [3.05, 3.63) is 35.2 Å². The molecule has 0 radical (unpaired) electrons. The van der Waals surface area contributed by atoms with Crippen molar-refractivity contribution in [2.24, 2.45) is 0 Å².